The van der Waals surface area contributed by atoms with Crippen LogP contribution in [0.4, 0.5) is 0 Å². The molecule has 0 aliphatic carbocycles. The average Bonchev–Trinajstić information content (AvgIpc) is 2.57. The van der Waals surface area contributed by atoms with Gasteiger partial charge in [-0.2, -0.15) is 0 Å². The molecule has 1 aromatic carbocycles. The van der Waals surface area contributed by atoms with E-state index in [9.17, 15) is 14.7 Å². The highest BCUT2D eigenvalue weighted by molar-refractivity contribution is 6.33. The zero-order valence-electron chi connectivity index (χ0n) is 14.0. The van der Waals surface area contributed by atoms with Gasteiger partial charge in [-0.25, -0.2) is 4.98 Å². The summed E-state index contributed by atoms with van der Waals surface area (Å²) >= 11 is 6.19. The Morgan fingerprint density at radius 2 is 1.96 bits per heavy atom. The third-order valence-corrected chi connectivity index (χ3v) is 4.38. The van der Waals surface area contributed by atoms with Crippen LogP contribution in [0.2, 0.25) is 5.02 Å². The summed E-state index contributed by atoms with van der Waals surface area (Å²) in [6.07, 6.45) is 0. The van der Waals surface area contributed by atoms with Crippen LogP contribution in [0.3, 0.4) is 0 Å². The molecule has 0 spiro atoms. The highest BCUT2D eigenvalue weighted by Crippen LogP contribution is 2.33. The summed E-state index contributed by atoms with van der Waals surface area (Å²) in [5.41, 5.74) is 1.19. The van der Waals surface area contributed by atoms with Crippen molar-refractivity contribution < 1.29 is 14.6 Å². The van der Waals surface area contributed by atoms with Crippen LogP contribution in [0.5, 0.6) is 5.75 Å². The van der Waals surface area contributed by atoms with Gasteiger partial charge in [0.2, 0.25) is 0 Å². The molecule has 6 nitrogen and oxygen atoms in total. The molecule has 0 radical (unpaired) electrons. The molecule has 2 aromatic heterocycles. The molecule has 0 aliphatic heterocycles. The van der Waals surface area contributed by atoms with Crippen molar-refractivity contribution in [1.82, 2.24) is 9.55 Å². The van der Waals surface area contributed by atoms with Gasteiger partial charge in [0, 0.05) is 5.69 Å². The molecule has 7 heteroatoms. The van der Waals surface area contributed by atoms with Crippen molar-refractivity contribution in [3.63, 3.8) is 0 Å². The van der Waals surface area contributed by atoms with E-state index in [-0.39, 0.29) is 23.6 Å². The quantitative estimate of drug-likeness (QED) is 0.721. The first-order chi connectivity index (χ1) is 11.8. The third kappa shape index (κ3) is 2.82. The number of pyridine rings is 2. The summed E-state index contributed by atoms with van der Waals surface area (Å²) in [4.78, 5) is 28.9. The predicted octanol–water partition coefficient (Wildman–Crippen LogP) is 3.42. The molecule has 130 valence electrons. The predicted molar refractivity (Wildman–Crippen MR) is 96.8 cm³/mol. The highest BCUT2D eigenvalue weighted by Gasteiger charge is 2.19. The second-order valence-electron chi connectivity index (χ2n) is 6.05. The summed E-state index contributed by atoms with van der Waals surface area (Å²) in [5.74, 6) is -0.657. The number of hydrogen-bond acceptors (Lipinski definition) is 4. The number of aromatic nitrogens is 2. The SMILES string of the molecule is COc1c(Cl)ccc2c(=O)c3ccc(C(C)C)nc3n(CC(=O)O)c12. The fourth-order valence-electron chi connectivity index (χ4n) is 2.90. The van der Waals surface area contributed by atoms with Crippen LogP contribution in [0.1, 0.15) is 25.5 Å². The van der Waals surface area contributed by atoms with Crippen molar-refractivity contribution in [3.05, 3.63) is 45.2 Å². The maximum atomic E-state index is 12.9. The van der Waals surface area contributed by atoms with Gasteiger partial charge in [-0.3, -0.25) is 9.59 Å². The number of carboxylic acids is 1. The van der Waals surface area contributed by atoms with Crippen molar-refractivity contribution in [2.75, 3.05) is 7.11 Å². The second kappa shape index (κ2) is 6.37. The number of nitrogens with zero attached hydrogens (tertiary/aromatic N) is 2. The minimum atomic E-state index is -1.05. The lowest BCUT2D eigenvalue weighted by molar-refractivity contribution is -0.137. The Morgan fingerprint density at radius 3 is 2.56 bits per heavy atom. The molecule has 3 rings (SSSR count). The average molecular weight is 361 g/mol. The fraction of sp³-hybridized carbons (Fsp3) is 0.278. The number of carbonyl (C=O) groups is 1. The lowest BCUT2D eigenvalue weighted by Crippen LogP contribution is -2.18. The molecule has 0 saturated carbocycles. The molecule has 0 saturated heterocycles. The first-order valence-electron chi connectivity index (χ1n) is 7.76. The molecule has 25 heavy (non-hydrogen) atoms. The largest absolute Gasteiger partial charge is 0.493 e. The topological polar surface area (TPSA) is 81.4 Å². The highest BCUT2D eigenvalue weighted by atomic mass is 35.5. The van der Waals surface area contributed by atoms with Gasteiger partial charge in [0.25, 0.3) is 0 Å². The molecule has 0 amide bonds. The van der Waals surface area contributed by atoms with E-state index in [1.54, 1.807) is 24.3 Å². The monoisotopic (exact) mass is 360 g/mol. The number of ether oxygens (including phenoxy) is 1. The fourth-order valence-corrected chi connectivity index (χ4v) is 3.13. The van der Waals surface area contributed by atoms with Crippen molar-refractivity contribution >= 4 is 39.5 Å². The number of fused-ring (bicyclic) bond motifs is 2. The minimum absolute atomic E-state index is 0.134. The van der Waals surface area contributed by atoms with Crippen molar-refractivity contribution in [2.45, 2.75) is 26.3 Å². The van der Waals surface area contributed by atoms with Crippen molar-refractivity contribution in [1.29, 1.82) is 0 Å². The number of methoxy groups -OCH3 is 1. The number of carboxylic acid groups (broad SMARTS) is 1. The van der Waals surface area contributed by atoms with Gasteiger partial charge in [-0.05, 0) is 30.2 Å². The van der Waals surface area contributed by atoms with E-state index in [1.807, 2.05) is 13.8 Å². The Balaban J connectivity index is 2.59. The first-order valence-corrected chi connectivity index (χ1v) is 8.14. The molecule has 0 fully saturated rings. The molecular weight excluding hydrogens is 344 g/mol. The normalized spacial score (nSPS) is 11.4. The lowest BCUT2D eigenvalue weighted by Gasteiger charge is -2.17. The van der Waals surface area contributed by atoms with Gasteiger partial charge in [-0.1, -0.05) is 25.4 Å². The Hall–Kier alpha value is -2.60. The van der Waals surface area contributed by atoms with E-state index in [2.05, 4.69) is 4.98 Å². The Morgan fingerprint density at radius 1 is 1.28 bits per heavy atom. The third-order valence-electron chi connectivity index (χ3n) is 4.08. The van der Waals surface area contributed by atoms with Gasteiger partial charge in [0.05, 0.1) is 28.4 Å². The van der Waals surface area contributed by atoms with Crippen molar-refractivity contribution in [3.8, 4) is 5.75 Å². The first kappa shape index (κ1) is 17.2. The zero-order valence-corrected chi connectivity index (χ0v) is 14.8. The second-order valence-corrected chi connectivity index (χ2v) is 6.45. The van der Waals surface area contributed by atoms with Crippen LogP contribution in [0.15, 0.2) is 29.1 Å². The van der Waals surface area contributed by atoms with E-state index >= 15 is 0 Å². The van der Waals surface area contributed by atoms with Gasteiger partial charge < -0.3 is 14.4 Å². The van der Waals surface area contributed by atoms with E-state index in [0.717, 1.165) is 5.69 Å². The molecule has 0 unspecified atom stereocenters. The minimum Gasteiger partial charge on any atom is -0.493 e. The van der Waals surface area contributed by atoms with Crippen molar-refractivity contribution in [2.24, 2.45) is 0 Å². The Bertz CT molecular complexity index is 1060. The summed E-state index contributed by atoms with van der Waals surface area (Å²) in [7, 11) is 1.43. The summed E-state index contributed by atoms with van der Waals surface area (Å²) in [6, 6.07) is 6.63. The zero-order chi connectivity index (χ0) is 18.3. The number of halogens is 1. The van der Waals surface area contributed by atoms with Gasteiger partial charge in [-0.15, -0.1) is 0 Å². The van der Waals surface area contributed by atoms with Gasteiger partial charge >= 0.3 is 5.97 Å². The van der Waals surface area contributed by atoms with E-state index in [0.29, 0.717) is 27.0 Å². The van der Waals surface area contributed by atoms with E-state index < -0.39 is 5.97 Å². The maximum Gasteiger partial charge on any atom is 0.323 e. The molecule has 2 heterocycles. The van der Waals surface area contributed by atoms with Crippen LogP contribution in [-0.4, -0.2) is 27.7 Å². The Labute approximate surface area is 148 Å². The summed E-state index contributed by atoms with van der Waals surface area (Å²) in [6.45, 7) is 3.59. The number of rotatable bonds is 4. The number of benzene rings is 1. The summed E-state index contributed by atoms with van der Waals surface area (Å²) in [5, 5.41) is 10.4. The lowest BCUT2D eigenvalue weighted by atomic mass is 10.1. The molecule has 1 N–H and O–H groups in total. The van der Waals surface area contributed by atoms with Crippen LogP contribution >= 0.6 is 11.6 Å². The van der Waals surface area contributed by atoms with Gasteiger partial charge in [0.1, 0.15) is 12.2 Å². The number of aliphatic carboxylic acids is 1. The molecule has 0 aliphatic rings. The molecule has 3 aromatic rings. The maximum absolute atomic E-state index is 12.9. The molecule has 0 atom stereocenters. The van der Waals surface area contributed by atoms with Crippen LogP contribution in [0, 0.1) is 0 Å². The molecular formula is C18H17ClN2O4. The molecule has 0 bridgehead atoms. The van der Waals surface area contributed by atoms with E-state index in [4.69, 9.17) is 16.3 Å². The summed E-state index contributed by atoms with van der Waals surface area (Å²) < 4.78 is 6.83. The van der Waals surface area contributed by atoms with Crippen LogP contribution in [-0.2, 0) is 11.3 Å². The van der Waals surface area contributed by atoms with Gasteiger partial charge in [0.15, 0.2) is 11.2 Å². The number of hydrogen-bond donors (Lipinski definition) is 1. The van der Waals surface area contributed by atoms with Crippen LogP contribution < -0.4 is 10.2 Å². The van der Waals surface area contributed by atoms with E-state index in [1.165, 1.54) is 11.7 Å². The Kier molecular flexibility index (Phi) is 4.39. The smallest absolute Gasteiger partial charge is 0.323 e. The van der Waals surface area contributed by atoms with Crippen LogP contribution in [0.25, 0.3) is 21.9 Å². The standard InChI is InChI=1S/C18H17ClN2O4/c1-9(2)13-7-5-11-16(24)10-4-6-12(19)17(25-3)15(10)21(8-14(22)23)18(11)20-13/h4-7,9H,8H2,1-3H3,(H,22,23).